The Labute approximate surface area is 128 Å². The third-order valence-corrected chi connectivity index (χ3v) is 3.37. The van der Waals surface area contributed by atoms with Gasteiger partial charge in [-0.05, 0) is 38.5 Å². The fourth-order valence-electron chi connectivity index (χ4n) is 2.22. The number of Topliss-reactive ketones (excluding diaryl/α,β-unsaturated/α-hetero) is 2. The van der Waals surface area contributed by atoms with E-state index in [-0.39, 0.29) is 29.5 Å². The van der Waals surface area contributed by atoms with Gasteiger partial charge in [-0.3, -0.25) is 9.59 Å². The van der Waals surface area contributed by atoms with E-state index in [0.29, 0.717) is 5.56 Å². The van der Waals surface area contributed by atoms with E-state index in [1.54, 1.807) is 6.07 Å². The predicted octanol–water partition coefficient (Wildman–Crippen LogP) is 3.91. The molecular formula is C18H17FO3. The van der Waals surface area contributed by atoms with Gasteiger partial charge in [-0.2, -0.15) is 0 Å². The van der Waals surface area contributed by atoms with Gasteiger partial charge >= 0.3 is 0 Å². The van der Waals surface area contributed by atoms with E-state index < -0.39 is 5.82 Å². The topological polar surface area (TPSA) is 43.4 Å². The Morgan fingerprint density at radius 1 is 1.05 bits per heavy atom. The van der Waals surface area contributed by atoms with E-state index in [4.69, 9.17) is 4.74 Å². The second kappa shape index (κ2) is 6.52. The highest BCUT2D eigenvalue weighted by molar-refractivity contribution is 5.98. The molecule has 0 atom stereocenters. The minimum Gasteiger partial charge on any atom is -0.485 e. The van der Waals surface area contributed by atoms with Gasteiger partial charge in [-0.1, -0.05) is 23.8 Å². The smallest absolute Gasteiger partial charge is 0.200 e. The molecule has 3 nitrogen and oxygen atoms in total. The van der Waals surface area contributed by atoms with Gasteiger partial charge in [0.05, 0.1) is 5.56 Å². The van der Waals surface area contributed by atoms with Gasteiger partial charge in [-0.15, -0.1) is 0 Å². The second-order valence-corrected chi connectivity index (χ2v) is 5.23. The number of ether oxygens (including phenoxy) is 1. The van der Waals surface area contributed by atoms with Crippen molar-refractivity contribution in [2.75, 3.05) is 6.61 Å². The molecule has 0 fully saturated rings. The number of aryl methyl sites for hydroxylation is 2. The summed E-state index contributed by atoms with van der Waals surface area (Å²) in [5.74, 6) is -0.950. The van der Waals surface area contributed by atoms with Gasteiger partial charge in [0.2, 0.25) is 0 Å². The molecule has 0 spiro atoms. The molecule has 0 bridgehead atoms. The molecule has 114 valence electrons. The summed E-state index contributed by atoms with van der Waals surface area (Å²) in [6.45, 7) is 4.93. The van der Waals surface area contributed by atoms with Crippen LogP contribution >= 0.6 is 0 Å². The van der Waals surface area contributed by atoms with Crippen molar-refractivity contribution < 1.29 is 18.7 Å². The van der Waals surface area contributed by atoms with Gasteiger partial charge in [0.15, 0.2) is 18.2 Å². The third kappa shape index (κ3) is 3.58. The second-order valence-electron chi connectivity index (χ2n) is 5.23. The molecule has 0 aliphatic carbocycles. The molecule has 0 amide bonds. The quantitative estimate of drug-likeness (QED) is 0.786. The average Bonchev–Trinajstić information content (AvgIpc) is 2.44. The van der Waals surface area contributed by atoms with Crippen molar-refractivity contribution in [2.45, 2.75) is 20.8 Å². The lowest BCUT2D eigenvalue weighted by Gasteiger charge is -2.09. The molecule has 2 rings (SSSR count). The average molecular weight is 300 g/mol. The van der Waals surface area contributed by atoms with Crippen molar-refractivity contribution >= 4 is 11.6 Å². The molecule has 0 unspecified atom stereocenters. The van der Waals surface area contributed by atoms with E-state index in [1.807, 2.05) is 26.0 Å². The summed E-state index contributed by atoms with van der Waals surface area (Å²) in [6.07, 6.45) is 0. The van der Waals surface area contributed by atoms with Crippen LogP contribution in [0.2, 0.25) is 0 Å². The van der Waals surface area contributed by atoms with Crippen molar-refractivity contribution in [2.24, 2.45) is 0 Å². The zero-order chi connectivity index (χ0) is 16.3. The minimum absolute atomic E-state index is 0.00746. The van der Waals surface area contributed by atoms with Crippen LogP contribution in [0.25, 0.3) is 0 Å². The summed E-state index contributed by atoms with van der Waals surface area (Å²) in [5, 5.41) is 0. The number of halogens is 1. The number of rotatable bonds is 5. The van der Waals surface area contributed by atoms with Crippen LogP contribution < -0.4 is 4.74 Å². The van der Waals surface area contributed by atoms with Crippen molar-refractivity contribution in [1.29, 1.82) is 0 Å². The number of carbonyl (C=O) groups excluding carboxylic acids is 2. The van der Waals surface area contributed by atoms with Gasteiger partial charge in [0.25, 0.3) is 0 Å². The molecule has 0 aliphatic rings. The Morgan fingerprint density at radius 2 is 1.73 bits per heavy atom. The van der Waals surface area contributed by atoms with E-state index in [0.717, 1.165) is 17.2 Å². The molecule has 0 aliphatic heterocycles. The van der Waals surface area contributed by atoms with Gasteiger partial charge in [0, 0.05) is 11.6 Å². The maximum atomic E-state index is 13.7. The van der Waals surface area contributed by atoms with Gasteiger partial charge in [-0.25, -0.2) is 4.39 Å². The number of benzene rings is 2. The van der Waals surface area contributed by atoms with Crippen LogP contribution in [0.3, 0.4) is 0 Å². The number of hydrogen-bond acceptors (Lipinski definition) is 3. The highest BCUT2D eigenvalue weighted by Gasteiger charge is 2.12. The van der Waals surface area contributed by atoms with Crippen LogP contribution in [0.15, 0.2) is 36.4 Å². The van der Waals surface area contributed by atoms with E-state index >= 15 is 0 Å². The molecule has 0 saturated heterocycles. The molecule has 2 aromatic rings. The Balaban J connectivity index is 2.08. The molecule has 0 saturated carbocycles. The first-order valence-electron chi connectivity index (χ1n) is 6.92. The first kappa shape index (κ1) is 15.9. The standard InChI is InChI=1S/C18H17FO3/c1-11-4-6-15(12(2)8-11)18(21)10-22-14-5-7-16(13(3)20)17(19)9-14/h4-9H,10H2,1-3H3. The fourth-order valence-corrected chi connectivity index (χ4v) is 2.22. The summed E-state index contributed by atoms with van der Waals surface area (Å²) < 4.78 is 19.0. The molecule has 0 N–H and O–H groups in total. The summed E-state index contributed by atoms with van der Waals surface area (Å²) in [7, 11) is 0. The summed E-state index contributed by atoms with van der Waals surface area (Å²) in [5.41, 5.74) is 2.56. The van der Waals surface area contributed by atoms with Gasteiger partial charge in [0.1, 0.15) is 11.6 Å². The lowest BCUT2D eigenvalue weighted by atomic mass is 10.0. The lowest BCUT2D eigenvalue weighted by Crippen LogP contribution is -2.13. The van der Waals surface area contributed by atoms with Crippen molar-refractivity contribution in [3.8, 4) is 5.75 Å². The Morgan fingerprint density at radius 3 is 2.32 bits per heavy atom. The normalized spacial score (nSPS) is 10.4. The van der Waals surface area contributed by atoms with Crippen LogP contribution in [0, 0.1) is 19.7 Å². The maximum absolute atomic E-state index is 13.7. The molecule has 0 radical (unpaired) electrons. The first-order chi connectivity index (χ1) is 10.4. The molecule has 4 heteroatoms. The van der Waals surface area contributed by atoms with Gasteiger partial charge < -0.3 is 4.74 Å². The van der Waals surface area contributed by atoms with Crippen molar-refractivity contribution in [1.82, 2.24) is 0 Å². The number of hydrogen-bond donors (Lipinski definition) is 0. The highest BCUT2D eigenvalue weighted by atomic mass is 19.1. The SMILES string of the molecule is CC(=O)c1ccc(OCC(=O)c2ccc(C)cc2C)cc1F. The van der Waals surface area contributed by atoms with Crippen molar-refractivity contribution in [3.05, 3.63) is 64.5 Å². The molecular weight excluding hydrogens is 283 g/mol. The molecule has 22 heavy (non-hydrogen) atoms. The minimum atomic E-state index is -0.649. The lowest BCUT2D eigenvalue weighted by molar-refractivity contribution is 0.0919. The number of ketones is 2. The molecule has 0 aromatic heterocycles. The maximum Gasteiger partial charge on any atom is 0.200 e. The zero-order valence-corrected chi connectivity index (χ0v) is 12.8. The largest absolute Gasteiger partial charge is 0.485 e. The van der Waals surface area contributed by atoms with Crippen LogP contribution in [0.1, 0.15) is 38.8 Å². The summed E-state index contributed by atoms with van der Waals surface area (Å²) in [6, 6.07) is 9.50. The Bertz CT molecular complexity index is 735. The van der Waals surface area contributed by atoms with E-state index in [2.05, 4.69) is 0 Å². The molecule has 0 heterocycles. The zero-order valence-electron chi connectivity index (χ0n) is 12.8. The monoisotopic (exact) mass is 300 g/mol. The Hall–Kier alpha value is -2.49. The van der Waals surface area contributed by atoms with Crippen LogP contribution in [0.5, 0.6) is 5.75 Å². The predicted molar refractivity (Wildman–Crippen MR) is 82.1 cm³/mol. The van der Waals surface area contributed by atoms with Crippen LogP contribution in [-0.4, -0.2) is 18.2 Å². The third-order valence-electron chi connectivity index (χ3n) is 3.37. The van der Waals surface area contributed by atoms with Crippen molar-refractivity contribution in [3.63, 3.8) is 0 Å². The van der Waals surface area contributed by atoms with Crippen LogP contribution in [0.4, 0.5) is 4.39 Å². The van der Waals surface area contributed by atoms with E-state index in [1.165, 1.54) is 19.1 Å². The summed E-state index contributed by atoms with van der Waals surface area (Å²) >= 11 is 0. The number of carbonyl (C=O) groups is 2. The van der Waals surface area contributed by atoms with E-state index in [9.17, 15) is 14.0 Å². The van der Waals surface area contributed by atoms with Crippen LogP contribution in [-0.2, 0) is 0 Å². The molecule has 2 aromatic carbocycles. The highest BCUT2D eigenvalue weighted by Crippen LogP contribution is 2.18. The Kier molecular flexibility index (Phi) is 4.71. The first-order valence-corrected chi connectivity index (χ1v) is 6.92. The fraction of sp³-hybridized carbons (Fsp3) is 0.222. The summed E-state index contributed by atoms with van der Waals surface area (Å²) in [4.78, 5) is 23.3.